The molecule has 1 aromatic carbocycles. The van der Waals surface area contributed by atoms with Crippen LogP contribution in [0.2, 0.25) is 0 Å². The van der Waals surface area contributed by atoms with E-state index in [1.807, 2.05) is 18.2 Å². The second-order valence-electron chi connectivity index (χ2n) is 7.54. The summed E-state index contributed by atoms with van der Waals surface area (Å²) in [6, 6.07) is 9.80. The highest BCUT2D eigenvalue weighted by Crippen LogP contribution is 2.33. The average molecular weight is 396 g/mol. The number of nitrogens with one attached hydrogen (secondary N) is 1. The summed E-state index contributed by atoms with van der Waals surface area (Å²) in [5.74, 6) is 2.70. The molecule has 3 aliphatic heterocycles. The maximum atomic E-state index is 12.2. The fourth-order valence-electron chi connectivity index (χ4n) is 3.94. The van der Waals surface area contributed by atoms with Crippen LogP contribution in [-0.4, -0.2) is 66.3 Å². The minimum absolute atomic E-state index is 0.113. The molecule has 1 atom stereocenters. The number of benzene rings is 1. The van der Waals surface area contributed by atoms with Crippen LogP contribution in [0.4, 0.5) is 5.82 Å². The molecule has 2 aromatic rings. The van der Waals surface area contributed by atoms with Gasteiger partial charge in [0.05, 0.1) is 0 Å². The number of aromatic nitrogens is 1. The molecule has 5 rings (SSSR count). The monoisotopic (exact) mass is 396 g/mol. The molecule has 152 valence electrons. The van der Waals surface area contributed by atoms with Crippen LogP contribution in [0.15, 0.2) is 36.5 Å². The molecular formula is C21H24N4O4. The summed E-state index contributed by atoms with van der Waals surface area (Å²) in [5.41, 5.74) is 1.24. The normalized spacial score (nSPS) is 21.4. The van der Waals surface area contributed by atoms with E-state index in [4.69, 9.17) is 14.2 Å². The molecule has 1 saturated heterocycles. The standard InChI is InChI=1S/C21H24N4O4/c26-21-18(29-17-2-1-6-22-20(17)23-21)5-7-24-8-10-25(11-9-24)13-15-3-4-16-19(12-15)28-14-27-16/h1-4,6,12,18H,5,7-11,13-14H2,(H,22,23,26)/t18-/m0/s1. The predicted molar refractivity (Wildman–Crippen MR) is 106 cm³/mol. The van der Waals surface area contributed by atoms with Gasteiger partial charge in [0, 0.05) is 51.9 Å². The van der Waals surface area contributed by atoms with Crippen LogP contribution in [-0.2, 0) is 11.3 Å². The highest BCUT2D eigenvalue weighted by molar-refractivity contribution is 5.96. The highest BCUT2D eigenvalue weighted by atomic mass is 16.7. The van der Waals surface area contributed by atoms with Crippen LogP contribution in [0.25, 0.3) is 0 Å². The maximum absolute atomic E-state index is 12.2. The van der Waals surface area contributed by atoms with Crippen LogP contribution in [0.3, 0.4) is 0 Å². The number of carbonyl (C=O) groups excluding carboxylic acids is 1. The number of fused-ring (bicyclic) bond motifs is 2. The van der Waals surface area contributed by atoms with E-state index in [9.17, 15) is 4.79 Å². The van der Waals surface area contributed by atoms with Gasteiger partial charge in [-0.3, -0.25) is 9.69 Å². The summed E-state index contributed by atoms with van der Waals surface area (Å²) in [4.78, 5) is 21.2. The molecule has 0 saturated carbocycles. The SMILES string of the molecule is O=C1Nc2ncccc2O[C@H]1CCN1CCN(Cc2ccc3c(c2)OCO3)CC1. The van der Waals surface area contributed by atoms with E-state index in [-0.39, 0.29) is 5.91 Å². The zero-order valence-corrected chi connectivity index (χ0v) is 16.2. The zero-order chi connectivity index (χ0) is 19.6. The van der Waals surface area contributed by atoms with Crippen LogP contribution in [0.5, 0.6) is 17.2 Å². The van der Waals surface area contributed by atoms with Gasteiger partial charge in [0.15, 0.2) is 29.2 Å². The molecular weight excluding hydrogens is 372 g/mol. The highest BCUT2D eigenvalue weighted by Gasteiger charge is 2.29. The van der Waals surface area contributed by atoms with Gasteiger partial charge in [0.25, 0.3) is 5.91 Å². The Morgan fingerprint density at radius 1 is 1.03 bits per heavy atom. The van der Waals surface area contributed by atoms with Crippen molar-refractivity contribution in [1.82, 2.24) is 14.8 Å². The fraction of sp³-hybridized carbons (Fsp3) is 0.429. The Hall–Kier alpha value is -2.84. The molecule has 4 heterocycles. The van der Waals surface area contributed by atoms with Gasteiger partial charge in [-0.25, -0.2) is 4.98 Å². The first kappa shape index (κ1) is 18.2. The van der Waals surface area contributed by atoms with E-state index in [0.29, 0.717) is 24.8 Å². The second-order valence-corrected chi connectivity index (χ2v) is 7.54. The Morgan fingerprint density at radius 2 is 1.86 bits per heavy atom. The number of amides is 1. The van der Waals surface area contributed by atoms with Gasteiger partial charge in [-0.2, -0.15) is 0 Å². The number of piperazine rings is 1. The lowest BCUT2D eigenvalue weighted by atomic mass is 10.1. The van der Waals surface area contributed by atoms with Crippen molar-refractivity contribution in [3.63, 3.8) is 0 Å². The quantitative estimate of drug-likeness (QED) is 0.825. The summed E-state index contributed by atoms with van der Waals surface area (Å²) < 4.78 is 16.7. The first-order valence-corrected chi connectivity index (χ1v) is 10.0. The van der Waals surface area contributed by atoms with Gasteiger partial charge in [0.1, 0.15) is 0 Å². The maximum Gasteiger partial charge on any atom is 0.266 e. The first-order valence-electron chi connectivity index (χ1n) is 10.0. The van der Waals surface area contributed by atoms with Gasteiger partial charge in [-0.05, 0) is 29.8 Å². The van der Waals surface area contributed by atoms with E-state index >= 15 is 0 Å². The first-order chi connectivity index (χ1) is 14.2. The molecule has 0 bridgehead atoms. The average Bonchev–Trinajstić information content (AvgIpc) is 3.21. The van der Waals surface area contributed by atoms with Gasteiger partial charge < -0.3 is 24.4 Å². The third-order valence-electron chi connectivity index (χ3n) is 5.59. The lowest BCUT2D eigenvalue weighted by Crippen LogP contribution is -2.47. The zero-order valence-electron chi connectivity index (χ0n) is 16.2. The van der Waals surface area contributed by atoms with Crippen LogP contribution >= 0.6 is 0 Å². The number of ether oxygens (including phenoxy) is 3. The number of carbonyl (C=O) groups is 1. The van der Waals surface area contributed by atoms with Crippen LogP contribution < -0.4 is 19.5 Å². The Balaban J connectivity index is 1.09. The van der Waals surface area contributed by atoms with Gasteiger partial charge in [-0.1, -0.05) is 6.07 Å². The van der Waals surface area contributed by atoms with Crippen molar-refractivity contribution in [3.8, 4) is 17.2 Å². The largest absolute Gasteiger partial charge is 0.477 e. The van der Waals surface area contributed by atoms with E-state index in [2.05, 4.69) is 32.2 Å². The molecule has 1 N–H and O–H groups in total. The molecule has 0 aliphatic carbocycles. The molecule has 0 radical (unpaired) electrons. The Labute approximate surface area is 169 Å². The third kappa shape index (κ3) is 3.99. The molecule has 1 fully saturated rings. The molecule has 3 aliphatic rings. The molecule has 29 heavy (non-hydrogen) atoms. The van der Waals surface area contributed by atoms with Crippen molar-refractivity contribution < 1.29 is 19.0 Å². The van der Waals surface area contributed by atoms with E-state index in [1.54, 1.807) is 6.20 Å². The summed E-state index contributed by atoms with van der Waals surface area (Å²) in [6.07, 6.45) is 1.85. The van der Waals surface area contributed by atoms with Crippen molar-refractivity contribution in [2.24, 2.45) is 0 Å². The molecule has 0 spiro atoms. The van der Waals surface area contributed by atoms with E-state index < -0.39 is 6.10 Å². The Bertz CT molecular complexity index is 898. The minimum atomic E-state index is -0.460. The lowest BCUT2D eigenvalue weighted by molar-refractivity contribution is -0.124. The summed E-state index contributed by atoms with van der Waals surface area (Å²) in [5, 5.41) is 2.83. The van der Waals surface area contributed by atoms with Crippen LogP contribution in [0.1, 0.15) is 12.0 Å². The third-order valence-corrected chi connectivity index (χ3v) is 5.59. The van der Waals surface area contributed by atoms with Crippen molar-refractivity contribution in [2.45, 2.75) is 19.1 Å². The molecule has 8 heteroatoms. The number of nitrogens with zero attached hydrogens (tertiary/aromatic N) is 3. The number of hydrogen-bond acceptors (Lipinski definition) is 7. The molecule has 1 aromatic heterocycles. The van der Waals surface area contributed by atoms with Crippen molar-refractivity contribution >= 4 is 11.7 Å². The summed E-state index contributed by atoms with van der Waals surface area (Å²) in [6.45, 7) is 6.02. The number of rotatable bonds is 5. The Morgan fingerprint density at radius 3 is 2.76 bits per heavy atom. The van der Waals surface area contributed by atoms with Crippen molar-refractivity contribution in [2.75, 3.05) is 44.8 Å². The van der Waals surface area contributed by atoms with Crippen molar-refractivity contribution in [3.05, 3.63) is 42.1 Å². The predicted octanol–water partition coefficient (Wildman–Crippen LogP) is 1.72. The smallest absolute Gasteiger partial charge is 0.266 e. The van der Waals surface area contributed by atoms with Crippen LogP contribution in [0, 0.1) is 0 Å². The number of anilines is 1. The summed E-state index contributed by atoms with van der Waals surface area (Å²) in [7, 11) is 0. The molecule has 8 nitrogen and oxygen atoms in total. The second kappa shape index (κ2) is 7.88. The summed E-state index contributed by atoms with van der Waals surface area (Å²) >= 11 is 0. The molecule has 0 unspecified atom stereocenters. The minimum Gasteiger partial charge on any atom is -0.477 e. The fourth-order valence-corrected chi connectivity index (χ4v) is 3.94. The van der Waals surface area contributed by atoms with Gasteiger partial charge in [0.2, 0.25) is 6.79 Å². The molecule has 1 amide bonds. The number of pyridine rings is 1. The Kier molecular flexibility index (Phi) is 4.95. The van der Waals surface area contributed by atoms with E-state index in [0.717, 1.165) is 50.8 Å². The lowest BCUT2D eigenvalue weighted by Gasteiger charge is -2.35. The van der Waals surface area contributed by atoms with E-state index in [1.165, 1.54) is 5.56 Å². The number of hydrogen-bond donors (Lipinski definition) is 1. The topological polar surface area (TPSA) is 76.2 Å². The van der Waals surface area contributed by atoms with Gasteiger partial charge >= 0.3 is 0 Å². The van der Waals surface area contributed by atoms with Gasteiger partial charge in [-0.15, -0.1) is 0 Å². The van der Waals surface area contributed by atoms with Crippen molar-refractivity contribution in [1.29, 1.82) is 0 Å².